The Morgan fingerprint density at radius 2 is 2.33 bits per heavy atom. The number of hydrogen-bond donors (Lipinski definition) is 1. The summed E-state index contributed by atoms with van der Waals surface area (Å²) < 4.78 is 0. The lowest BCUT2D eigenvalue weighted by Crippen LogP contribution is -2.04. The van der Waals surface area contributed by atoms with E-state index >= 15 is 0 Å². The Bertz CT molecular complexity index is 118. The van der Waals surface area contributed by atoms with Gasteiger partial charge in [0.05, 0.1) is 0 Å². The second kappa shape index (κ2) is 4.06. The Balaban J connectivity index is 3.36. The average molecular weight is 128 g/mol. The van der Waals surface area contributed by atoms with Crippen LogP contribution in [0.2, 0.25) is 0 Å². The van der Waals surface area contributed by atoms with E-state index in [0.29, 0.717) is 5.92 Å². The predicted octanol–water partition coefficient (Wildman–Crippen LogP) is 1.18. The Morgan fingerprint density at radius 1 is 1.78 bits per heavy atom. The van der Waals surface area contributed by atoms with Gasteiger partial charge in [-0.1, -0.05) is 13.8 Å². The number of aliphatic imine (C=N–C) groups is 1. The third-order valence-corrected chi connectivity index (χ3v) is 0.795. The van der Waals surface area contributed by atoms with Crippen molar-refractivity contribution < 1.29 is 4.79 Å². The van der Waals surface area contributed by atoms with Gasteiger partial charge in [0, 0.05) is 6.21 Å². The summed E-state index contributed by atoms with van der Waals surface area (Å²) in [6, 6.07) is -0.615. The second-order valence-electron chi connectivity index (χ2n) is 2.28. The van der Waals surface area contributed by atoms with Crippen LogP contribution in [0.5, 0.6) is 0 Å². The van der Waals surface area contributed by atoms with E-state index in [1.807, 2.05) is 13.8 Å². The molecule has 0 unspecified atom stereocenters. The van der Waals surface area contributed by atoms with Crippen LogP contribution in [0.3, 0.4) is 0 Å². The molecule has 0 saturated carbocycles. The third-order valence-electron chi connectivity index (χ3n) is 0.795. The molecule has 2 N–H and O–H groups in total. The molecule has 0 saturated heterocycles. The fourth-order valence-electron chi connectivity index (χ4n) is 0.353. The van der Waals surface area contributed by atoms with E-state index < -0.39 is 6.03 Å². The van der Waals surface area contributed by atoms with Gasteiger partial charge in [-0.3, -0.25) is 0 Å². The van der Waals surface area contributed by atoms with Gasteiger partial charge in [-0.15, -0.1) is 0 Å². The molecule has 0 aromatic carbocycles. The summed E-state index contributed by atoms with van der Waals surface area (Å²) >= 11 is 0. The molecule has 0 heterocycles. The minimum atomic E-state index is -0.615. The lowest BCUT2D eigenvalue weighted by Gasteiger charge is -1.93. The fourth-order valence-corrected chi connectivity index (χ4v) is 0.353. The van der Waals surface area contributed by atoms with Gasteiger partial charge in [0.15, 0.2) is 0 Å². The number of nitrogens with zero attached hydrogens (tertiary/aromatic N) is 1. The van der Waals surface area contributed by atoms with E-state index in [0.717, 1.165) is 6.42 Å². The lowest BCUT2D eigenvalue weighted by atomic mass is 10.2. The molecule has 3 heteroatoms. The van der Waals surface area contributed by atoms with Crippen LogP contribution in [0.1, 0.15) is 20.3 Å². The van der Waals surface area contributed by atoms with Crippen LogP contribution in [0, 0.1) is 5.92 Å². The maximum absolute atomic E-state index is 10.0. The number of hydrogen-bond acceptors (Lipinski definition) is 1. The molecular formula is C6H12N2O. The molecule has 0 aromatic rings. The van der Waals surface area contributed by atoms with E-state index in [-0.39, 0.29) is 0 Å². The van der Waals surface area contributed by atoms with Gasteiger partial charge in [-0.2, -0.15) is 0 Å². The molecule has 0 bridgehead atoms. The first-order chi connectivity index (χ1) is 4.13. The summed E-state index contributed by atoms with van der Waals surface area (Å²) in [6.07, 6.45) is 2.36. The molecule has 0 aliphatic rings. The standard InChI is InChI=1S/C6H12N2O/c1-5(2)3-4-8-6(7)9/h4-5H,3H2,1-2H3,(H2,7,9). The average Bonchev–Trinajstić information content (AvgIpc) is 1.63. The van der Waals surface area contributed by atoms with Gasteiger partial charge in [0.2, 0.25) is 0 Å². The number of amides is 2. The van der Waals surface area contributed by atoms with E-state index in [4.69, 9.17) is 5.73 Å². The van der Waals surface area contributed by atoms with Crippen molar-refractivity contribution in [3.63, 3.8) is 0 Å². The van der Waals surface area contributed by atoms with Crippen LogP contribution in [0.4, 0.5) is 4.79 Å². The minimum Gasteiger partial charge on any atom is -0.350 e. The van der Waals surface area contributed by atoms with Gasteiger partial charge < -0.3 is 5.73 Å². The quantitative estimate of drug-likeness (QED) is 0.558. The van der Waals surface area contributed by atoms with Gasteiger partial charge in [-0.25, -0.2) is 9.79 Å². The van der Waals surface area contributed by atoms with Gasteiger partial charge >= 0.3 is 6.03 Å². The SMILES string of the molecule is CC(C)CC=NC(N)=O. The number of rotatable bonds is 2. The highest BCUT2D eigenvalue weighted by Crippen LogP contribution is 1.94. The largest absolute Gasteiger partial charge is 0.350 e. The molecule has 9 heavy (non-hydrogen) atoms. The van der Waals surface area contributed by atoms with Crippen LogP contribution in [-0.4, -0.2) is 12.2 Å². The molecule has 0 atom stereocenters. The summed E-state index contributed by atoms with van der Waals surface area (Å²) in [5.41, 5.74) is 4.74. The Hall–Kier alpha value is -0.860. The van der Waals surface area contributed by atoms with E-state index in [2.05, 4.69) is 4.99 Å². The zero-order valence-electron chi connectivity index (χ0n) is 5.79. The molecule has 0 aliphatic heterocycles. The van der Waals surface area contributed by atoms with Crippen molar-refractivity contribution in [1.29, 1.82) is 0 Å². The van der Waals surface area contributed by atoms with Crippen molar-refractivity contribution in [1.82, 2.24) is 0 Å². The third kappa shape index (κ3) is 7.14. The number of nitrogens with two attached hydrogens (primary N) is 1. The summed E-state index contributed by atoms with van der Waals surface area (Å²) in [7, 11) is 0. The maximum atomic E-state index is 10.0. The molecular weight excluding hydrogens is 116 g/mol. The van der Waals surface area contributed by atoms with Crippen LogP contribution in [0.25, 0.3) is 0 Å². The lowest BCUT2D eigenvalue weighted by molar-refractivity contribution is 0.257. The number of urea groups is 1. The molecule has 2 amide bonds. The van der Waals surface area contributed by atoms with Gasteiger partial charge in [0.25, 0.3) is 0 Å². The molecule has 3 nitrogen and oxygen atoms in total. The van der Waals surface area contributed by atoms with E-state index in [1.165, 1.54) is 0 Å². The smallest absolute Gasteiger partial charge is 0.337 e. The summed E-state index contributed by atoms with van der Waals surface area (Å²) in [5.74, 6) is 0.535. The highest BCUT2D eigenvalue weighted by atomic mass is 16.2. The molecule has 0 aliphatic carbocycles. The van der Waals surface area contributed by atoms with E-state index in [1.54, 1.807) is 6.21 Å². The van der Waals surface area contributed by atoms with Crippen molar-refractivity contribution in [2.45, 2.75) is 20.3 Å². The zero-order valence-corrected chi connectivity index (χ0v) is 5.79. The highest BCUT2D eigenvalue weighted by molar-refractivity contribution is 5.82. The molecule has 52 valence electrons. The Labute approximate surface area is 55.0 Å². The summed E-state index contributed by atoms with van der Waals surface area (Å²) in [6.45, 7) is 4.10. The van der Waals surface area contributed by atoms with Crippen molar-refractivity contribution >= 4 is 12.2 Å². The topological polar surface area (TPSA) is 55.4 Å². The predicted molar refractivity (Wildman–Crippen MR) is 37.5 cm³/mol. The zero-order chi connectivity index (χ0) is 7.28. The Morgan fingerprint density at radius 3 is 2.67 bits per heavy atom. The summed E-state index contributed by atoms with van der Waals surface area (Å²) in [4.78, 5) is 13.4. The highest BCUT2D eigenvalue weighted by Gasteiger charge is 1.88. The van der Waals surface area contributed by atoms with Crippen molar-refractivity contribution in [3.8, 4) is 0 Å². The number of carbonyl (C=O) groups is 1. The second-order valence-corrected chi connectivity index (χ2v) is 2.28. The van der Waals surface area contributed by atoms with Gasteiger partial charge in [0.1, 0.15) is 0 Å². The minimum absolute atomic E-state index is 0.535. The van der Waals surface area contributed by atoms with Gasteiger partial charge in [-0.05, 0) is 12.3 Å². The van der Waals surface area contributed by atoms with Crippen LogP contribution >= 0.6 is 0 Å². The monoisotopic (exact) mass is 128 g/mol. The molecule has 0 radical (unpaired) electrons. The number of carbonyl (C=O) groups excluding carboxylic acids is 1. The first kappa shape index (κ1) is 8.14. The summed E-state index contributed by atoms with van der Waals surface area (Å²) in [5, 5.41) is 0. The van der Waals surface area contributed by atoms with Crippen molar-refractivity contribution in [3.05, 3.63) is 0 Å². The first-order valence-corrected chi connectivity index (χ1v) is 2.95. The van der Waals surface area contributed by atoms with Crippen molar-refractivity contribution in [2.75, 3.05) is 0 Å². The molecule has 0 rings (SSSR count). The Kier molecular flexibility index (Phi) is 3.67. The van der Waals surface area contributed by atoms with Crippen LogP contribution in [0.15, 0.2) is 4.99 Å². The number of primary amides is 1. The molecule has 0 spiro atoms. The van der Waals surface area contributed by atoms with Crippen molar-refractivity contribution in [2.24, 2.45) is 16.6 Å². The molecule has 0 aromatic heterocycles. The first-order valence-electron chi connectivity index (χ1n) is 2.95. The normalized spacial score (nSPS) is 11.0. The van der Waals surface area contributed by atoms with Crippen LogP contribution < -0.4 is 5.73 Å². The fraction of sp³-hybridized carbons (Fsp3) is 0.667. The maximum Gasteiger partial charge on any atom is 0.337 e. The molecule has 0 fully saturated rings. The van der Waals surface area contributed by atoms with Crippen LogP contribution in [-0.2, 0) is 0 Å². The van der Waals surface area contributed by atoms with E-state index in [9.17, 15) is 4.79 Å².